The lowest BCUT2D eigenvalue weighted by Gasteiger charge is -2.17. The zero-order valence-corrected chi connectivity index (χ0v) is 8.75. The van der Waals surface area contributed by atoms with Crippen LogP contribution in [0.3, 0.4) is 0 Å². The summed E-state index contributed by atoms with van der Waals surface area (Å²) in [5, 5.41) is 5.27. The van der Waals surface area contributed by atoms with E-state index in [1.54, 1.807) is 12.1 Å². The van der Waals surface area contributed by atoms with Gasteiger partial charge in [-0.15, -0.1) is 0 Å². The first-order chi connectivity index (χ1) is 7.66. The van der Waals surface area contributed by atoms with E-state index < -0.39 is 11.9 Å². The van der Waals surface area contributed by atoms with Crippen LogP contribution in [0, 0.1) is 0 Å². The minimum absolute atomic E-state index is 0.458. The largest absolute Gasteiger partial charge is 0.351 e. The highest BCUT2D eigenvalue weighted by Crippen LogP contribution is 2.15. The lowest BCUT2D eigenvalue weighted by Crippen LogP contribution is -2.35. The van der Waals surface area contributed by atoms with E-state index in [1.807, 2.05) is 11.4 Å². The molecule has 0 radical (unpaired) electrons. The summed E-state index contributed by atoms with van der Waals surface area (Å²) >= 11 is 0. The molecule has 0 unspecified atom stereocenters. The van der Waals surface area contributed by atoms with Gasteiger partial charge >= 0.3 is 6.03 Å². The van der Waals surface area contributed by atoms with Crippen LogP contribution in [0.4, 0.5) is 4.79 Å². The fourth-order valence-electron chi connectivity index (χ4n) is 1.81. The zero-order chi connectivity index (χ0) is 11.5. The number of benzene rings is 1. The molecule has 16 heavy (non-hydrogen) atoms. The predicted molar refractivity (Wildman–Crippen MR) is 58.9 cm³/mol. The Morgan fingerprint density at radius 2 is 2.12 bits per heavy atom. The molecule has 1 aromatic carbocycles. The number of carbonyl (C=O) groups is 2. The second-order valence-corrected chi connectivity index (χ2v) is 3.73. The third-order valence-electron chi connectivity index (χ3n) is 2.59. The van der Waals surface area contributed by atoms with Crippen LogP contribution in [0.15, 0.2) is 18.2 Å². The Morgan fingerprint density at radius 3 is 2.88 bits per heavy atom. The van der Waals surface area contributed by atoms with Gasteiger partial charge in [-0.1, -0.05) is 6.07 Å². The second-order valence-electron chi connectivity index (χ2n) is 3.73. The summed E-state index contributed by atoms with van der Waals surface area (Å²) in [5.41, 5.74) is 7.69. The molecule has 1 aliphatic heterocycles. The molecule has 0 bridgehead atoms. The van der Waals surface area contributed by atoms with Crippen molar-refractivity contribution in [2.45, 2.75) is 13.0 Å². The molecule has 4 N–H and O–H groups in total. The fraction of sp³-hybridized carbons (Fsp3) is 0.273. The molecule has 1 aromatic rings. The van der Waals surface area contributed by atoms with Crippen LogP contribution >= 0.6 is 0 Å². The van der Waals surface area contributed by atoms with Crippen LogP contribution in [-0.2, 0) is 13.0 Å². The summed E-state index contributed by atoms with van der Waals surface area (Å²) in [5.74, 6) is -0.458. The molecule has 0 saturated carbocycles. The molecule has 5 heteroatoms. The molecule has 5 nitrogen and oxygen atoms in total. The van der Waals surface area contributed by atoms with Gasteiger partial charge in [-0.05, 0) is 36.2 Å². The van der Waals surface area contributed by atoms with Crippen LogP contribution in [0.25, 0.3) is 0 Å². The number of hydrogen-bond acceptors (Lipinski definition) is 3. The van der Waals surface area contributed by atoms with Crippen LogP contribution in [0.2, 0.25) is 0 Å². The average molecular weight is 219 g/mol. The Hall–Kier alpha value is -1.88. The standard InChI is InChI=1S/C11H13N3O2/c12-11(16)14-10(15)8-2-1-7-3-4-13-6-9(7)5-8/h1-2,5,13H,3-4,6H2,(H3,12,14,15,16). The van der Waals surface area contributed by atoms with Gasteiger partial charge in [-0.3, -0.25) is 10.1 Å². The maximum Gasteiger partial charge on any atom is 0.319 e. The Balaban J connectivity index is 2.23. The highest BCUT2D eigenvalue weighted by Gasteiger charge is 2.13. The lowest BCUT2D eigenvalue weighted by molar-refractivity contribution is 0.0966. The first-order valence-electron chi connectivity index (χ1n) is 5.10. The van der Waals surface area contributed by atoms with E-state index in [0.717, 1.165) is 25.1 Å². The van der Waals surface area contributed by atoms with E-state index >= 15 is 0 Å². The molecule has 0 atom stereocenters. The van der Waals surface area contributed by atoms with E-state index in [0.29, 0.717) is 5.56 Å². The molecule has 84 valence electrons. The number of fused-ring (bicyclic) bond motifs is 1. The summed E-state index contributed by atoms with van der Waals surface area (Å²) in [7, 11) is 0. The van der Waals surface area contributed by atoms with Gasteiger partial charge in [0.25, 0.3) is 5.91 Å². The summed E-state index contributed by atoms with van der Waals surface area (Å²) in [6.45, 7) is 1.72. The van der Waals surface area contributed by atoms with Gasteiger partial charge in [0, 0.05) is 12.1 Å². The summed E-state index contributed by atoms with van der Waals surface area (Å²) in [6.07, 6.45) is 0.965. The van der Waals surface area contributed by atoms with Crippen molar-refractivity contribution >= 4 is 11.9 Å². The van der Waals surface area contributed by atoms with Crippen LogP contribution < -0.4 is 16.4 Å². The summed E-state index contributed by atoms with van der Waals surface area (Å²) in [6, 6.07) is 4.59. The van der Waals surface area contributed by atoms with Crippen LogP contribution in [0.5, 0.6) is 0 Å². The van der Waals surface area contributed by atoms with Crippen molar-refractivity contribution in [1.29, 1.82) is 0 Å². The fourth-order valence-corrected chi connectivity index (χ4v) is 1.81. The number of carbonyl (C=O) groups excluding carboxylic acids is 2. The summed E-state index contributed by atoms with van der Waals surface area (Å²) in [4.78, 5) is 22.1. The van der Waals surface area contributed by atoms with Gasteiger partial charge in [0.15, 0.2) is 0 Å². The molecule has 0 aromatic heterocycles. The van der Waals surface area contributed by atoms with Crippen LogP contribution in [-0.4, -0.2) is 18.5 Å². The number of hydrogen-bond donors (Lipinski definition) is 3. The predicted octanol–water partition coefficient (Wildman–Crippen LogP) is 0.141. The maximum atomic E-state index is 11.5. The van der Waals surface area contributed by atoms with E-state index in [-0.39, 0.29) is 0 Å². The lowest BCUT2D eigenvalue weighted by atomic mass is 9.98. The minimum atomic E-state index is -0.833. The number of urea groups is 1. The van der Waals surface area contributed by atoms with Crippen molar-refractivity contribution in [2.75, 3.05) is 6.54 Å². The number of nitrogens with one attached hydrogen (secondary N) is 2. The van der Waals surface area contributed by atoms with Crippen LogP contribution in [0.1, 0.15) is 21.5 Å². The van der Waals surface area contributed by atoms with Gasteiger partial charge in [0.2, 0.25) is 0 Å². The zero-order valence-electron chi connectivity index (χ0n) is 8.75. The highest BCUT2D eigenvalue weighted by molar-refractivity contribution is 6.03. The van der Waals surface area contributed by atoms with Crippen molar-refractivity contribution in [2.24, 2.45) is 5.73 Å². The minimum Gasteiger partial charge on any atom is -0.351 e. The van der Waals surface area contributed by atoms with E-state index in [2.05, 4.69) is 5.32 Å². The van der Waals surface area contributed by atoms with Crippen molar-refractivity contribution in [3.8, 4) is 0 Å². The molecule has 0 spiro atoms. The molecular weight excluding hydrogens is 206 g/mol. The molecule has 2 rings (SSSR count). The first kappa shape index (κ1) is 10.6. The van der Waals surface area contributed by atoms with Gasteiger partial charge in [0.05, 0.1) is 0 Å². The number of amides is 3. The Morgan fingerprint density at radius 1 is 1.31 bits per heavy atom. The van der Waals surface area contributed by atoms with E-state index in [9.17, 15) is 9.59 Å². The topological polar surface area (TPSA) is 84.2 Å². The van der Waals surface area contributed by atoms with Gasteiger partial charge in [0.1, 0.15) is 0 Å². The molecule has 3 amide bonds. The Labute approximate surface area is 93.0 Å². The van der Waals surface area contributed by atoms with Crippen molar-refractivity contribution < 1.29 is 9.59 Å². The van der Waals surface area contributed by atoms with Gasteiger partial charge in [-0.25, -0.2) is 4.79 Å². The molecular formula is C11H13N3O2. The first-order valence-corrected chi connectivity index (χ1v) is 5.10. The molecule has 1 aliphatic rings. The number of imide groups is 1. The van der Waals surface area contributed by atoms with E-state index in [4.69, 9.17) is 5.73 Å². The Bertz CT molecular complexity index is 443. The third kappa shape index (κ3) is 2.20. The second kappa shape index (κ2) is 4.32. The smallest absolute Gasteiger partial charge is 0.319 e. The Kier molecular flexibility index (Phi) is 2.87. The SMILES string of the molecule is NC(=O)NC(=O)c1ccc2c(c1)CNCC2. The normalized spacial score (nSPS) is 14.0. The average Bonchev–Trinajstić information content (AvgIpc) is 2.27. The number of rotatable bonds is 1. The van der Waals surface area contributed by atoms with Crippen molar-refractivity contribution in [3.63, 3.8) is 0 Å². The van der Waals surface area contributed by atoms with Crippen molar-refractivity contribution in [3.05, 3.63) is 34.9 Å². The number of nitrogens with two attached hydrogens (primary N) is 1. The molecule has 0 saturated heterocycles. The quantitative estimate of drug-likeness (QED) is 0.628. The monoisotopic (exact) mass is 219 g/mol. The maximum absolute atomic E-state index is 11.5. The van der Waals surface area contributed by atoms with Crippen molar-refractivity contribution in [1.82, 2.24) is 10.6 Å². The number of primary amides is 1. The molecule has 0 aliphatic carbocycles. The van der Waals surface area contributed by atoms with Gasteiger partial charge < -0.3 is 11.1 Å². The third-order valence-corrected chi connectivity index (χ3v) is 2.59. The van der Waals surface area contributed by atoms with Gasteiger partial charge in [-0.2, -0.15) is 0 Å². The molecule has 1 heterocycles. The molecule has 0 fully saturated rings. The highest BCUT2D eigenvalue weighted by atomic mass is 16.2. The summed E-state index contributed by atoms with van der Waals surface area (Å²) < 4.78 is 0. The van der Waals surface area contributed by atoms with E-state index in [1.165, 1.54) is 5.56 Å².